The van der Waals surface area contributed by atoms with E-state index in [0.717, 1.165) is 25.0 Å². The van der Waals surface area contributed by atoms with Crippen LogP contribution in [0.5, 0.6) is 0 Å². The standard InChI is InChI=1S/C17H22ClNO2/c1-12(2)19-17(20)15(11-14-9-6-10-21-14)16(18)13-7-4-3-5-8-13/h3-5,7-8,12,14H,6,9-11H2,1-2H3,(H,19,20)/b16-15-. The molecule has 114 valence electrons. The Morgan fingerprint density at radius 1 is 1.38 bits per heavy atom. The normalized spacial score (nSPS) is 19.5. The minimum atomic E-state index is -0.102. The highest BCUT2D eigenvalue weighted by Gasteiger charge is 2.23. The molecule has 0 radical (unpaired) electrons. The summed E-state index contributed by atoms with van der Waals surface area (Å²) in [6.07, 6.45) is 2.69. The summed E-state index contributed by atoms with van der Waals surface area (Å²) < 4.78 is 5.65. The van der Waals surface area contributed by atoms with Crippen molar-refractivity contribution in [1.29, 1.82) is 0 Å². The number of benzene rings is 1. The van der Waals surface area contributed by atoms with E-state index in [0.29, 0.717) is 17.0 Å². The monoisotopic (exact) mass is 307 g/mol. The van der Waals surface area contributed by atoms with Crippen LogP contribution in [-0.4, -0.2) is 24.7 Å². The minimum absolute atomic E-state index is 0.0808. The van der Waals surface area contributed by atoms with Gasteiger partial charge in [-0.25, -0.2) is 0 Å². The third-order valence-electron chi connectivity index (χ3n) is 3.44. The molecule has 1 atom stereocenters. The molecule has 0 aromatic heterocycles. The van der Waals surface area contributed by atoms with Gasteiger partial charge in [0.05, 0.1) is 11.1 Å². The number of carbonyl (C=O) groups is 1. The number of amides is 1. The molecule has 1 saturated heterocycles. The average molecular weight is 308 g/mol. The van der Waals surface area contributed by atoms with Crippen molar-refractivity contribution in [3.63, 3.8) is 0 Å². The van der Waals surface area contributed by atoms with Gasteiger partial charge in [0.2, 0.25) is 5.91 Å². The molecule has 1 aliphatic rings. The zero-order valence-electron chi connectivity index (χ0n) is 12.6. The fraction of sp³-hybridized carbons (Fsp3) is 0.471. The summed E-state index contributed by atoms with van der Waals surface area (Å²) in [7, 11) is 0. The third kappa shape index (κ3) is 4.58. The predicted octanol–water partition coefficient (Wildman–Crippen LogP) is 3.73. The largest absolute Gasteiger partial charge is 0.378 e. The van der Waals surface area contributed by atoms with Crippen molar-refractivity contribution in [2.24, 2.45) is 0 Å². The van der Waals surface area contributed by atoms with Gasteiger partial charge in [0.15, 0.2) is 0 Å². The number of halogens is 1. The van der Waals surface area contributed by atoms with E-state index in [1.54, 1.807) is 0 Å². The van der Waals surface area contributed by atoms with Crippen LogP contribution in [0.25, 0.3) is 5.03 Å². The van der Waals surface area contributed by atoms with Crippen molar-refractivity contribution in [2.45, 2.75) is 45.3 Å². The maximum atomic E-state index is 12.4. The summed E-state index contributed by atoms with van der Waals surface area (Å²) in [5.41, 5.74) is 1.48. The van der Waals surface area contributed by atoms with Gasteiger partial charge in [0.1, 0.15) is 0 Å². The van der Waals surface area contributed by atoms with Gasteiger partial charge in [0.25, 0.3) is 0 Å². The smallest absolute Gasteiger partial charge is 0.249 e. The molecular formula is C17H22ClNO2. The van der Waals surface area contributed by atoms with Gasteiger partial charge in [-0.3, -0.25) is 4.79 Å². The van der Waals surface area contributed by atoms with Crippen LogP contribution in [0, 0.1) is 0 Å². The van der Waals surface area contributed by atoms with E-state index < -0.39 is 0 Å². The second-order valence-corrected chi connectivity index (χ2v) is 6.00. The van der Waals surface area contributed by atoms with Gasteiger partial charge < -0.3 is 10.1 Å². The first-order valence-electron chi connectivity index (χ1n) is 7.44. The molecule has 1 aliphatic heterocycles. The highest BCUT2D eigenvalue weighted by atomic mass is 35.5. The Morgan fingerprint density at radius 2 is 2.10 bits per heavy atom. The Hall–Kier alpha value is -1.32. The number of ether oxygens (including phenoxy) is 1. The SMILES string of the molecule is CC(C)NC(=O)/C(CC1CCCO1)=C(\Cl)c1ccccc1. The number of hydrogen-bond donors (Lipinski definition) is 1. The summed E-state index contributed by atoms with van der Waals surface area (Å²) in [6.45, 7) is 4.66. The summed E-state index contributed by atoms with van der Waals surface area (Å²) in [5, 5.41) is 3.45. The Kier molecular flexibility index (Phi) is 5.83. The van der Waals surface area contributed by atoms with Crippen LogP contribution < -0.4 is 5.32 Å². The molecule has 1 heterocycles. The van der Waals surface area contributed by atoms with Gasteiger partial charge in [0, 0.05) is 24.6 Å². The van der Waals surface area contributed by atoms with Crippen LogP contribution in [0.15, 0.2) is 35.9 Å². The maximum absolute atomic E-state index is 12.4. The molecule has 1 N–H and O–H groups in total. The van der Waals surface area contributed by atoms with Crippen molar-refractivity contribution in [1.82, 2.24) is 5.32 Å². The van der Waals surface area contributed by atoms with Crippen molar-refractivity contribution in [3.8, 4) is 0 Å². The number of rotatable bonds is 5. The molecule has 1 aromatic carbocycles. The van der Waals surface area contributed by atoms with Crippen molar-refractivity contribution < 1.29 is 9.53 Å². The first-order chi connectivity index (χ1) is 10.1. The molecule has 0 saturated carbocycles. The fourth-order valence-electron chi connectivity index (χ4n) is 2.42. The van der Waals surface area contributed by atoms with E-state index in [4.69, 9.17) is 16.3 Å². The molecule has 0 bridgehead atoms. The molecule has 3 nitrogen and oxygen atoms in total. The quantitative estimate of drug-likeness (QED) is 0.842. The highest BCUT2D eigenvalue weighted by Crippen LogP contribution is 2.29. The molecule has 2 rings (SSSR count). The molecule has 0 aliphatic carbocycles. The summed E-state index contributed by atoms with van der Waals surface area (Å²) in [5.74, 6) is -0.102. The van der Waals surface area contributed by atoms with Crippen LogP contribution in [0.4, 0.5) is 0 Å². The molecule has 21 heavy (non-hydrogen) atoms. The van der Waals surface area contributed by atoms with E-state index in [1.165, 1.54) is 0 Å². The third-order valence-corrected chi connectivity index (χ3v) is 3.89. The topological polar surface area (TPSA) is 38.3 Å². The van der Waals surface area contributed by atoms with E-state index in [2.05, 4.69) is 5.32 Å². The minimum Gasteiger partial charge on any atom is -0.378 e. The molecule has 4 heteroatoms. The van der Waals surface area contributed by atoms with Crippen molar-refractivity contribution in [2.75, 3.05) is 6.61 Å². The molecule has 1 amide bonds. The Balaban J connectivity index is 2.27. The summed E-state index contributed by atoms with van der Waals surface area (Å²) in [6, 6.07) is 9.68. The Morgan fingerprint density at radius 3 is 2.67 bits per heavy atom. The van der Waals surface area contributed by atoms with Gasteiger partial charge in [-0.2, -0.15) is 0 Å². The van der Waals surface area contributed by atoms with Crippen LogP contribution in [0.2, 0.25) is 0 Å². The zero-order chi connectivity index (χ0) is 15.2. The van der Waals surface area contributed by atoms with Gasteiger partial charge in [-0.1, -0.05) is 41.9 Å². The van der Waals surface area contributed by atoms with Crippen molar-refractivity contribution in [3.05, 3.63) is 41.5 Å². The number of nitrogens with one attached hydrogen (secondary N) is 1. The van der Waals surface area contributed by atoms with E-state index in [9.17, 15) is 4.79 Å². The van der Waals surface area contributed by atoms with E-state index >= 15 is 0 Å². The molecule has 0 spiro atoms. The molecule has 1 fully saturated rings. The second-order valence-electron chi connectivity index (χ2n) is 5.63. The molecule has 1 aromatic rings. The van der Waals surface area contributed by atoms with Gasteiger partial charge >= 0.3 is 0 Å². The highest BCUT2D eigenvalue weighted by molar-refractivity contribution is 6.51. The second kappa shape index (κ2) is 7.62. The average Bonchev–Trinajstić information content (AvgIpc) is 2.97. The lowest BCUT2D eigenvalue weighted by molar-refractivity contribution is -0.118. The van der Waals surface area contributed by atoms with Crippen LogP contribution in [-0.2, 0) is 9.53 Å². The lowest BCUT2D eigenvalue weighted by Gasteiger charge is -2.17. The van der Waals surface area contributed by atoms with Crippen LogP contribution >= 0.6 is 11.6 Å². The van der Waals surface area contributed by atoms with Gasteiger partial charge in [-0.05, 0) is 32.3 Å². The van der Waals surface area contributed by atoms with Crippen LogP contribution in [0.3, 0.4) is 0 Å². The zero-order valence-corrected chi connectivity index (χ0v) is 13.3. The van der Waals surface area contributed by atoms with Crippen molar-refractivity contribution >= 4 is 22.5 Å². The Labute approximate surface area is 131 Å². The Bertz CT molecular complexity index is 505. The maximum Gasteiger partial charge on any atom is 0.249 e. The summed E-state index contributed by atoms with van der Waals surface area (Å²) >= 11 is 6.49. The molecule has 1 unspecified atom stereocenters. The lowest BCUT2D eigenvalue weighted by atomic mass is 10.0. The fourth-order valence-corrected chi connectivity index (χ4v) is 2.71. The number of carbonyl (C=O) groups excluding carboxylic acids is 1. The summed E-state index contributed by atoms with van der Waals surface area (Å²) in [4.78, 5) is 12.4. The lowest BCUT2D eigenvalue weighted by Crippen LogP contribution is -2.32. The first-order valence-corrected chi connectivity index (χ1v) is 7.82. The van der Waals surface area contributed by atoms with Gasteiger partial charge in [-0.15, -0.1) is 0 Å². The van der Waals surface area contributed by atoms with Crippen LogP contribution in [0.1, 0.15) is 38.7 Å². The van der Waals surface area contributed by atoms with E-state index in [-0.39, 0.29) is 18.1 Å². The first kappa shape index (κ1) is 16.1. The number of hydrogen-bond acceptors (Lipinski definition) is 2. The molecular weight excluding hydrogens is 286 g/mol. The predicted molar refractivity (Wildman–Crippen MR) is 86.1 cm³/mol. The van der Waals surface area contributed by atoms with E-state index in [1.807, 2.05) is 44.2 Å².